The van der Waals surface area contributed by atoms with Crippen LogP contribution in [0.15, 0.2) is 94.4 Å². The average Bonchev–Trinajstić information content (AvgIpc) is 2.93. The van der Waals surface area contributed by atoms with Crippen molar-refractivity contribution in [2.45, 2.75) is 34.2 Å². The molecule has 2 aromatic rings. The van der Waals surface area contributed by atoms with Crippen LogP contribution in [-0.4, -0.2) is 20.6 Å². The zero-order valence-electron chi connectivity index (χ0n) is 20.8. The zero-order chi connectivity index (χ0) is 32.1. The van der Waals surface area contributed by atoms with Crippen molar-refractivity contribution in [3.63, 3.8) is 0 Å². The van der Waals surface area contributed by atoms with Crippen molar-refractivity contribution in [1.29, 1.82) is 0 Å². The molecular formula is C26H14Cl4F6N2O5. The van der Waals surface area contributed by atoms with Gasteiger partial charge in [0.1, 0.15) is 11.5 Å². The molecule has 0 saturated carbocycles. The molecule has 0 aromatic heterocycles. The van der Waals surface area contributed by atoms with Gasteiger partial charge >= 0.3 is 12.4 Å². The molecule has 0 amide bonds. The van der Waals surface area contributed by atoms with Crippen LogP contribution >= 0.6 is 46.4 Å². The molecule has 2 aliphatic rings. The number of ether oxygens (including phenoxy) is 1. The maximum absolute atomic E-state index is 13.7. The third-order valence-electron chi connectivity index (χ3n) is 6.82. The summed E-state index contributed by atoms with van der Waals surface area (Å²) in [5, 5.41) is 19.3. The van der Waals surface area contributed by atoms with Crippen molar-refractivity contribution < 1.29 is 40.9 Å². The minimum atomic E-state index is -4.99. The molecule has 4 rings (SSSR count). The fourth-order valence-corrected chi connectivity index (χ4v) is 6.06. The van der Waals surface area contributed by atoms with Crippen LogP contribution in [0.2, 0.25) is 0 Å². The summed E-state index contributed by atoms with van der Waals surface area (Å²) >= 11 is 25.2. The van der Waals surface area contributed by atoms with Gasteiger partial charge in [0.15, 0.2) is 10.8 Å². The van der Waals surface area contributed by atoms with E-state index in [-0.39, 0.29) is 0 Å². The molecular weight excluding hydrogens is 676 g/mol. The Morgan fingerprint density at radius 1 is 0.674 bits per heavy atom. The number of halogens is 10. The van der Waals surface area contributed by atoms with Gasteiger partial charge in [0.25, 0.3) is 11.1 Å². The van der Waals surface area contributed by atoms with Crippen LogP contribution in [0.4, 0.5) is 26.3 Å². The van der Waals surface area contributed by atoms with Gasteiger partial charge in [-0.25, -0.2) is 0 Å². The molecule has 0 bridgehead atoms. The lowest BCUT2D eigenvalue weighted by Gasteiger charge is -2.33. The van der Waals surface area contributed by atoms with E-state index in [2.05, 4.69) is 0 Å². The van der Waals surface area contributed by atoms with Gasteiger partial charge in [0.2, 0.25) is 0 Å². The molecule has 2 aromatic carbocycles. The standard InChI is InChI=1S/C26H14Cl4F6N2O5/c27-19-17(9-11-23(21(19)29,37(39)40)13-5-1-3-7-15(13)25(31,32)33)43-18-10-12-24(38(41)42,22(30)20(18)28)14-6-2-4-8-16(14)26(34,35)36/h1-12,21-22H. The largest absolute Gasteiger partial charge is 0.455 e. The third-order valence-corrected chi connectivity index (χ3v) is 8.95. The van der Waals surface area contributed by atoms with E-state index < -0.39 is 87.9 Å². The van der Waals surface area contributed by atoms with Crippen LogP contribution in [-0.2, 0) is 28.2 Å². The topological polar surface area (TPSA) is 95.5 Å². The molecule has 43 heavy (non-hydrogen) atoms. The Morgan fingerprint density at radius 3 is 1.30 bits per heavy atom. The lowest BCUT2D eigenvalue weighted by Crippen LogP contribution is -2.46. The van der Waals surface area contributed by atoms with Crippen LogP contribution in [0.5, 0.6) is 0 Å². The molecule has 4 unspecified atom stereocenters. The van der Waals surface area contributed by atoms with E-state index in [0.717, 1.165) is 60.7 Å². The number of hydrogen-bond acceptors (Lipinski definition) is 5. The van der Waals surface area contributed by atoms with Crippen LogP contribution < -0.4 is 0 Å². The molecule has 0 fully saturated rings. The molecule has 4 atom stereocenters. The number of allylic oxidation sites excluding steroid dienone is 2. The predicted octanol–water partition coefficient (Wildman–Crippen LogP) is 8.64. The fourth-order valence-electron chi connectivity index (χ4n) is 4.77. The molecule has 2 aliphatic carbocycles. The smallest absolute Gasteiger partial charge is 0.416 e. The van der Waals surface area contributed by atoms with Crippen molar-refractivity contribution in [1.82, 2.24) is 0 Å². The Kier molecular flexibility index (Phi) is 8.61. The number of hydrogen-bond donors (Lipinski definition) is 0. The highest BCUT2D eigenvalue weighted by atomic mass is 35.5. The molecule has 0 spiro atoms. The zero-order valence-corrected chi connectivity index (χ0v) is 23.8. The molecule has 17 heteroatoms. The molecule has 228 valence electrons. The second-order valence-electron chi connectivity index (χ2n) is 9.17. The number of nitro groups is 2. The molecule has 0 radical (unpaired) electrons. The summed E-state index contributed by atoms with van der Waals surface area (Å²) in [7, 11) is 0. The number of alkyl halides is 8. The molecule has 0 heterocycles. The first-order valence-electron chi connectivity index (χ1n) is 11.7. The van der Waals surface area contributed by atoms with Crippen LogP contribution in [0.3, 0.4) is 0 Å². The van der Waals surface area contributed by atoms with E-state index in [4.69, 9.17) is 51.1 Å². The fraction of sp³-hybridized carbons (Fsp3) is 0.231. The normalized spacial score (nSPS) is 26.1. The van der Waals surface area contributed by atoms with Gasteiger partial charge in [0, 0.05) is 33.1 Å². The Bertz CT molecular complexity index is 1510. The van der Waals surface area contributed by atoms with Gasteiger partial charge in [-0.15, -0.1) is 23.2 Å². The minimum absolute atomic E-state index is 0.449. The monoisotopic (exact) mass is 688 g/mol. The Labute approximate surface area is 257 Å². The first-order chi connectivity index (χ1) is 19.9. The molecule has 0 aliphatic heterocycles. The first-order valence-corrected chi connectivity index (χ1v) is 13.3. The summed E-state index contributed by atoms with van der Waals surface area (Å²) in [6.45, 7) is 0. The first kappa shape index (κ1) is 32.6. The summed E-state index contributed by atoms with van der Waals surface area (Å²) in [6.07, 6.45) is -6.80. The number of rotatable bonds is 6. The highest BCUT2D eigenvalue weighted by Gasteiger charge is 2.59. The second kappa shape index (κ2) is 11.3. The molecule has 0 saturated heterocycles. The molecule has 7 nitrogen and oxygen atoms in total. The van der Waals surface area contributed by atoms with E-state index in [1.807, 2.05) is 0 Å². The Hall–Kier alpha value is -3.26. The van der Waals surface area contributed by atoms with E-state index in [0.29, 0.717) is 12.1 Å². The van der Waals surface area contributed by atoms with Gasteiger partial charge in [-0.05, 0) is 24.3 Å². The van der Waals surface area contributed by atoms with Gasteiger partial charge in [-0.3, -0.25) is 20.2 Å². The Morgan fingerprint density at radius 2 is 1.00 bits per heavy atom. The lowest BCUT2D eigenvalue weighted by atomic mass is 9.80. The molecule has 0 N–H and O–H groups in total. The quantitative estimate of drug-likeness (QED) is 0.131. The summed E-state index contributed by atoms with van der Waals surface area (Å²) in [4.78, 5) is 22.4. The van der Waals surface area contributed by atoms with Crippen molar-refractivity contribution in [2.24, 2.45) is 0 Å². The maximum atomic E-state index is 13.7. The van der Waals surface area contributed by atoms with E-state index >= 15 is 0 Å². The van der Waals surface area contributed by atoms with E-state index in [1.54, 1.807) is 0 Å². The van der Waals surface area contributed by atoms with Crippen molar-refractivity contribution >= 4 is 46.4 Å². The van der Waals surface area contributed by atoms with Crippen molar-refractivity contribution in [2.75, 3.05) is 0 Å². The third kappa shape index (κ3) is 5.36. The minimum Gasteiger partial charge on any atom is -0.455 e. The van der Waals surface area contributed by atoms with Gasteiger partial charge in [-0.1, -0.05) is 59.6 Å². The van der Waals surface area contributed by atoms with Crippen LogP contribution in [0, 0.1) is 20.2 Å². The number of benzene rings is 2. The predicted molar refractivity (Wildman–Crippen MR) is 145 cm³/mol. The maximum Gasteiger partial charge on any atom is 0.416 e. The van der Waals surface area contributed by atoms with Crippen LogP contribution in [0.1, 0.15) is 22.3 Å². The van der Waals surface area contributed by atoms with Crippen molar-refractivity contribution in [3.8, 4) is 0 Å². The van der Waals surface area contributed by atoms with E-state index in [9.17, 15) is 46.6 Å². The SMILES string of the molecule is O=[N+]([O-])C1(c2ccccc2C(F)(F)F)C=CC(OC2=C(Cl)C(Cl)C(c3ccccc3C(F)(F)F)([N+](=O)[O-])C=C2)=C(Cl)C1Cl. The Balaban J connectivity index is 1.76. The summed E-state index contributed by atoms with van der Waals surface area (Å²) < 4.78 is 88.1. The second-order valence-corrected chi connectivity index (χ2v) is 10.9. The average molecular weight is 690 g/mol. The lowest BCUT2D eigenvalue weighted by molar-refractivity contribution is -0.562. The highest BCUT2D eigenvalue weighted by molar-refractivity contribution is 6.39. The highest BCUT2D eigenvalue weighted by Crippen LogP contribution is 2.50. The number of nitrogens with zero attached hydrogens (tertiary/aromatic N) is 2. The van der Waals surface area contributed by atoms with Gasteiger partial charge in [-0.2, -0.15) is 26.3 Å². The van der Waals surface area contributed by atoms with E-state index in [1.165, 1.54) is 0 Å². The summed E-state index contributed by atoms with van der Waals surface area (Å²) in [5.41, 5.74) is -9.72. The summed E-state index contributed by atoms with van der Waals surface area (Å²) in [6, 6.07) is 7.38. The summed E-state index contributed by atoms with van der Waals surface area (Å²) in [5.74, 6) is -0.899. The van der Waals surface area contributed by atoms with Gasteiger partial charge in [0.05, 0.1) is 21.2 Å². The van der Waals surface area contributed by atoms with Crippen molar-refractivity contribution in [3.05, 3.63) is 137 Å². The van der Waals surface area contributed by atoms with Gasteiger partial charge < -0.3 is 4.74 Å². The van der Waals surface area contributed by atoms with Crippen LogP contribution in [0.25, 0.3) is 0 Å².